The van der Waals surface area contributed by atoms with Crippen LogP contribution in [0.5, 0.6) is 5.75 Å². The largest absolute Gasteiger partial charge is 0.508 e. The minimum absolute atomic E-state index is 0.0981. The van der Waals surface area contributed by atoms with E-state index in [0.29, 0.717) is 12.0 Å². The Bertz CT molecular complexity index is 486. The molecule has 0 bridgehead atoms. The quantitative estimate of drug-likeness (QED) is 0.421. The number of phenols is 1. The number of hydrazine groups is 1. The van der Waals surface area contributed by atoms with Gasteiger partial charge in [-0.15, -0.1) is 0 Å². The molecule has 0 radical (unpaired) electrons. The van der Waals surface area contributed by atoms with Gasteiger partial charge in [-0.2, -0.15) is 0 Å². The van der Waals surface area contributed by atoms with Crippen LogP contribution in [0.2, 0.25) is 0 Å². The Labute approximate surface area is 144 Å². The van der Waals surface area contributed by atoms with Gasteiger partial charge in [-0.1, -0.05) is 58.3 Å². The summed E-state index contributed by atoms with van der Waals surface area (Å²) in [5, 5.41) is 9.17. The fourth-order valence-electron chi connectivity index (χ4n) is 2.47. The van der Waals surface area contributed by atoms with Gasteiger partial charge in [0.05, 0.1) is 0 Å². The van der Waals surface area contributed by atoms with E-state index in [-0.39, 0.29) is 11.7 Å². The summed E-state index contributed by atoms with van der Waals surface area (Å²) in [6.07, 6.45) is 11.3. The molecule has 1 aromatic carbocycles. The highest BCUT2D eigenvalue weighted by atomic mass is 16.3. The lowest BCUT2D eigenvalue weighted by Gasteiger charge is -2.07. The molecule has 0 aliphatic heterocycles. The smallest absolute Gasteiger partial charge is 0.269 e. The molecule has 0 spiro atoms. The number of amides is 2. The number of nitrogens with one attached hydrogen (secondary N) is 2. The van der Waals surface area contributed by atoms with Crippen LogP contribution in [-0.2, 0) is 4.79 Å². The lowest BCUT2D eigenvalue weighted by Crippen LogP contribution is -2.41. The summed E-state index contributed by atoms with van der Waals surface area (Å²) < 4.78 is 0. The van der Waals surface area contributed by atoms with Gasteiger partial charge in [-0.25, -0.2) is 0 Å². The molecule has 134 valence electrons. The summed E-state index contributed by atoms with van der Waals surface area (Å²) in [6.45, 7) is 2.22. The first-order valence-corrected chi connectivity index (χ1v) is 9.01. The number of carbonyl (C=O) groups excluding carboxylic acids is 2. The van der Waals surface area contributed by atoms with Crippen molar-refractivity contribution < 1.29 is 14.7 Å². The molecule has 5 nitrogen and oxygen atoms in total. The van der Waals surface area contributed by atoms with E-state index in [2.05, 4.69) is 17.8 Å². The maximum Gasteiger partial charge on any atom is 0.269 e. The number of carbonyl (C=O) groups is 2. The van der Waals surface area contributed by atoms with Crippen LogP contribution in [0, 0.1) is 0 Å². The molecule has 3 N–H and O–H groups in total. The van der Waals surface area contributed by atoms with E-state index in [1.165, 1.54) is 69.2 Å². The topological polar surface area (TPSA) is 78.4 Å². The summed E-state index contributed by atoms with van der Waals surface area (Å²) in [5.74, 6) is -0.471. The number of phenolic OH excluding ortho intramolecular Hbond substituents is 1. The maximum atomic E-state index is 11.8. The Morgan fingerprint density at radius 1 is 0.833 bits per heavy atom. The molecular formula is C19H30N2O3. The molecule has 0 heterocycles. The van der Waals surface area contributed by atoms with Crippen LogP contribution in [-0.4, -0.2) is 16.9 Å². The highest BCUT2D eigenvalue weighted by Crippen LogP contribution is 2.11. The van der Waals surface area contributed by atoms with Crippen molar-refractivity contribution in [2.45, 2.75) is 71.1 Å². The Morgan fingerprint density at radius 2 is 1.38 bits per heavy atom. The highest BCUT2D eigenvalue weighted by molar-refractivity contribution is 5.95. The van der Waals surface area contributed by atoms with Crippen LogP contribution in [0.1, 0.15) is 81.5 Å². The van der Waals surface area contributed by atoms with Gasteiger partial charge in [0.1, 0.15) is 5.75 Å². The molecule has 0 saturated heterocycles. The molecule has 2 amide bonds. The fraction of sp³-hybridized carbons (Fsp3) is 0.579. The SMILES string of the molecule is CCCCCCCCCCCC(=O)NNC(=O)c1ccc(O)cc1. The van der Waals surface area contributed by atoms with Gasteiger partial charge >= 0.3 is 0 Å². The van der Waals surface area contributed by atoms with Crippen molar-refractivity contribution in [3.05, 3.63) is 29.8 Å². The average molecular weight is 334 g/mol. The van der Waals surface area contributed by atoms with Crippen molar-refractivity contribution >= 4 is 11.8 Å². The van der Waals surface area contributed by atoms with E-state index in [1.54, 1.807) is 0 Å². The Hall–Kier alpha value is -2.04. The molecule has 0 aromatic heterocycles. The summed E-state index contributed by atoms with van der Waals surface area (Å²) in [5.41, 5.74) is 5.18. The lowest BCUT2D eigenvalue weighted by molar-refractivity contribution is -0.122. The number of aromatic hydroxyl groups is 1. The number of hydrogen-bond donors (Lipinski definition) is 3. The zero-order valence-corrected chi connectivity index (χ0v) is 14.6. The zero-order valence-electron chi connectivity index (χ0n) is 14.6. The number of rotatable bonds is 11. The van der Waals surface area contributed by atoms with Crippen LogP contribution in [0.25, 0.3) is 0 Å². The van der Waals surface area contributed by atoms with E-state index in [0.717, 1.165) is 12.8 Å². The Morgan fingerprint density at radius 3 is 1.96 bits per heavy atom. The van der Waals surface area contributed by atoms with Crippen molar-refractivity contribution in [2.75, 3.05) is 0 Å². The summed E-state index contributed by atoms with van der Waals surface area (Å²) >= 11 is 0. The molecule has 0 fully saturated rings. The predicted octanol–water partition coefficient (Wildman–Crippen LogP) is 4.07. The summed E-state index contributed by atoms with van der Waals surface area (Å²) in [4.78, 5) is 23.5. The van der Waals surface area contributed by atoms with Crippen LogP contribution in [0.3, 0.4) is 0 Å². The van der Waals surface area contributed by atoms with Crippen molar-refractivity contribution in [3.63, 3.8) is 0 Å². The molecule has 0 saturated carbocycles. The van der Waals surface area contributed by atoms with Crippen LogP contribution < -0.4 is 10.9 Å². The molecule has 1 aromatic rings. The average Bonchev–Trinajstić information content (AvgIpc) is 2.59. The number of hydrogen-bond acceptors (Lipinski definition) is 3. The molecule has 5 heteroatoms. The van der Waals surface area contributed by atoms with E-state index in [1.807, 2.05) is 0 Å². The summed E-state index contributed by atoms with van der Waals surface area (Å²) in [7, 11) is 0. The third-order valence-corrected chi connectivity index (χ3v) is 3.95. The third-order valence-electron chi connectivity index (χ3n) is 3.95. The van der Waals surface area contributed by atoms with E-state index < -0.39 is 5.91 Å². The monoisotopic (exact) mass is 334 g/mol. The molecule has 24 heavy (non-hydrogen) atoms. The first-order chi connectivity index (χ1) is 11.6. The zero-order chi connectivity index (χ0) is 17.6. The highest BCUT2D eigenvalue weighted by Gasteiger charge is 2.07. The Kier molecular flexibility index (Phi) is 10.3. The predicted molar refractivity (Wildman–Crippen MR) is 95.6 cm³/mol. The van der Waals surface area contributed by atoms with E-state index in [4.69, 9.17) is 5.11 Å². The molecule has 0 atom stereocenters. The van der Waals surface area contributed by atoms with Crippen LogP contribution >= 0.6 is 0 Å². The minimum Gasteiger partial charge on any atom is -0.508 e. The second-order valence-corrected chi connectivity index (χ2v) is 6.13. The normalized spacial score (nSPS) is 10.4. The minimum atomic E-state index is -0.393. The number of unbranched alkanes of at least 4 members (excludes halogenated alkanes) is 8. The fourth-order valence-corrected chi connectivity index (χ4v) is 2.47. The summed E-state index contributed by atoms with van der Waals surface area (Å²) in [6, 6.07) is 5.85. The van der Waals surface area contributed by atoms with Gasteiger partial charge in [0, 0.05) is 12.0 Å². The van der Waals surface area contributed by atoms with Gasteiger partial charge in [0.25, 0.3) is 5.91 Å². The van der Waals surface area contributed by atoms with Gasteiger partial charge in [0.15, 0.2) is 0 Å². The van der Waals surface area contributed by atoms with Gasteiger partial charge in [-0.05, 0) is 30.7 Å². The molecule has 0 unspecified atom stereocenters. The van der Waals surface area contributed by atoms with Crippen molar-refractivity contribution in [2.24, 2.45) is 0 Å². The van der Waals surface area contributed by atoms with E-state index >= 15 is 0 Å². The van der Waals surface area contributed by atoms with Crippen LogP contribution in [0.4, 0.5) is 0 Å². The first kappa shape index (κ1) is 20.0. The second kappa shape index (κ2) is 12.4. The standard InChI is InChI=1S/C19H30N2O3/c1-2-3-4-5-6-7-8-9-10-11-18(23)20-21-19(24)16-12-14-17(22)15-13-16/h12-15,22H,2-11H2,1H3,(H,20,23)(H,21,24). The van der Waals surface area contributed by atoms with Gasteiger partial charge in [0.2, 0.25) is 5.91 Å². The van der Waals surface area contributed by atoms with Crippen molar-refractivity contribution in [1.82, 2.24) is 10.9 Å². The van der Waals surface area contributed by atoms with Gasteiger partial charge in [-0.3, -0.25) is 20.4 Å². The molecule has 0 aliphatic rings. The van der Waals surface area contributed by atoms with Crippen LogP contribution in [0.15, 0.2) is 24.3 Å². The maximum absolute atomic E-state index is 11.8. The van der Waals surface area contributed by atoms with Crippen molar-refractivity contribution in [3.8, 4) is 5.75 Å². The van der Waals surface area contributed by atoms with Crippen molar-refractivity contribution in [1.29, 1.82) is 0 Å². The molecule has 0 aliphatic carbocycles. The number of benzene rings is 1. The third kappa shape index (κ3) is 9.18. The van der Waals surface area contributed by atoms with Gasteiger partial charge < -0.3 is 5.11 Å². The molecular weight excluding hydrogens is 304 g/mol. The molecule has 1 rings (SSSR count). The second-order valence-electron chi connectivity index (χ2n) is 6.13. The Balaban J connectivity index is 2.02. The van der Waals surface area contributed by atoms with E-state index in [9.17, 15) is 9.59 Å². The first-order valence-electron chi connectivity index (χ1n) is 9.01. The lowest BCUT2D eigenvalue weighted by atomic mass is 10.1.